The second-order valence-electron chi connectivity index (χ2n) is 7.24. The maximum absolute atomic E-state index is 13.5. The third kappa shape index (κ3) is 7.95. The number of amidine groups is 1. The van der Waals surface area contributed by atoms with Gasteiger partial charge in [-0.25, -0.2) is 9.38 Å². The normalized spacial score (nSPS) is 11.4. The molecule has 0 heterocycles. The van der Waals surface area contributed by atoms with Crippen molar-refractivity contribution in [1.82, 2.24) is 5.48 Å². The summed E-state index contributed by atoms with van der Waals surface area (Å²) in [6.45, 7) is 2.90. The van der Waals surface area contributed by atoms with E-state index in [1.807, 2.05) is 5.48 Å². The van der Waals surface area contributed by atoms with E-state index in [-0.39, 0.29) is 17.0 Å². The molecule has 30 heavy (non-hydrogen) atoms. The first-order valence-corrected chi connectivity index (χ1v) is 10.6. The fourth-order valence-corrected chi connectivity index (χ4v) is 3.15. The van der Waals surface area contributed by atoms with E-state index in [9.17, 15) is 14.4 Å². The molecule has 0 aliphatic carbocycles. The van der Waals surface area contributed by atoms with Gasteiger partial charge in [0.25, 0.3) is 0 Å². The summed E-state index contributed by atoms with van der Waals surface area (Å²) in [6.07, 6.45) is 10.6. The van der Waals surface area contributed by atoms with Gasteiger partial charge < -0.3 is 4.74 Å². The van der Waals surface area contributed by atoms with Crippen molar-refractivity contribution in [2.75, 3.05) is 6.61 Å². The van der Waals surface area contributed by atoms with Crippen molar-refractivity contribution in [2.45, 2.75) is 58.3 Å². The molecular weight excluding hydrogens is 383 g/mol. The monoisotopic (exact) mass is 414 g/mol. The minimum atomic E-state index is -0.525. The smallest absolute Gasteiger partial charge is 0.158 e. The van der Waals surface area contributed by atoms with Crippen molar-refractivity contribution in [1.29, 1.82) is 0 Å². The number of aldehydes is 1. The highest BCUT2D eigenvalue weighted by molar-refractivity contribution is 6.05. The lowest BCUT2D eigenvalue weighted by Gasteiger charge is -2.09. The van der Waals surface area contributed by atoms with E-state index in [4.69, 9.17) is 4.74 Å². The van der Waals surface area contributed by atoms with E-state index in [1.54, 1.807) is 24.3 Å². The molecule has 2 rings (SSSR count). The third-order valence-electron chi connectivity index (χ3n) is 4.85. The van der Waals surface area contributed by atoms with Gasteiger partial charge in [-0.05, 0) is 48.9 Å². The number of carbonyl (C=O) groups excluding carboxylic acids is 1. The van der Waals surface area contributed by atoms with Crippen molar-refractivity contribution in [3.8, 4) is 5.75 Å². The van der Waals surface area contributed by atoms with Gasteiger partial charge in [-0.3, -0.25) is 15.5 Å². The van der Waals surface area contributed by atoms with Crippen LogP contribution >= 0.6 is 0 Å². The Balaban J connectivity index is 1.85. The van der Waals surface area contributed by atoms with E-state index < -0.39 is 5.82 Å². The van der Waals surface area contributed by atoms with Crippen LogP contribution in [-0.4, -0.2) is 23.9 Å². The van der Waals surface area contributed by atoms with E-state index >= 15 is 0 Å². The van der Waals surface area contributed by atoms with Crippen LogP contribution in [0, 0.1) is 5.82 Å². The number of rotatable bonds is 13. The summed E-state index contributed by atoms with van der Waals surface area (Å²) in [6, 6.07) is 10.7. The number of nitrogens with zero attached hydrogens (tertiary/aromatic N) is 1. The van der Waals surface area contributed by atoms with Crippen molar-refractivity contribution in [2.24, 2.45) is 4.99 Å². The van der Waals surface area contributed by atoms with E-state index in [0.717, 1.165) is 18.2 Å². The topological polar surface area (TPSA) is 70.9 Å². The van der Waals surface area contributed by atoms with Crippen LogP contribution in [0.3, 0.4) is 0 Å². The number of benzene rings is 2. The molecule has 2 aromatic rings. The molecule has 0 aliphatic heterocycles. The van der Waals surface area contributed by atoms with Crippen molar-refractivity contribution >= 4 is 17.8 Å². The highest BCUT2D eigenvalue weighted by atomic mass is 19.1. The molecule has 0 saturated carbocycles. The van der Waals surface area contributed by atoms with Gasteiger partial charge >= 0.3 is 0 Å². The van der Waals surface area contributed by atoms with Crippen LogP contribution in [0.4, 0.5) is 10.1 Å². The molecule has 0 atom stereocenters. The maximum Gasteiger partial charge on any atom is 0.158 e. The Bertz CT molecular complexity index is 807. The average Bonchev–Trinajstić information content (AvgIpc) is 2.77. The van der Waals surface area contributed by atoms with Gasteiger partial charge in [-0.1, -0.05) is 51.9 Å². The molecule has 5 nitrogen and oxygen atoms in total. The second-order valence-corrected chi connectivity index (χ2v) is 7.24. The molecule has 0 unspecified atom stereocenters. The Kier molecular flexibility index (Phi) is 10.6. The summed E-state index contributed by atoms with van der Waals surface area (Å²) >= 11 is 0. The average molecular weight is 415 g/mol. The summed E-state index contributed by atoms with van der Waals surface area (Å²) < 4.78 is 19.3. The molecule has 162 valence electrons. The number of ether oxygens (including phenoxy) is 1. The van der Waals surface area contributed by atoms with Crippen LogP contribution in [0.2, 0.25) is 0 Å². The number of nitrogens with one attached hydrogen (secondary N) is 1. The SMILES string of the molecule is CCCCCCCCCCOc1ccc(N=C(NO)c2cc(F)ccc2C=O)cc1. The summed E-state index contributed by atoms with van der Waals surface area (Å²) in [7, 11) is 0. The quantitative estimate of drug-likeness (QED) is 0.134. The Morgan fingerprint density at radius 3 is 2.33 bits per heavy atom. The minimum absolute atomic E-state index is 0.01000. The van der Waals surface area contributed by atoms with Gasteiger partial charge in [0, 0.05) is 11.1 Å². The van der Waals surface area contributed by atoms with Gasteiger partial charge in [0.1, 0.15) is 11.6 Å². The van der Waals surface area contributed by atoms with Gasteiger partial charge in [0.2, 0.25) is 0 Å². The van der Waals surface area contributed by atoms with Gasteiger partial charge in [-0.15, -0.1) is 0 Å². The molecule has 0 fully saturated rings. The second kappa shape index (κ2) is 13.5. The maximum atomic E-state index is 13.5. The summed E-state index contributed by atoms with van der Waals surface area (Å²) in [5.74, 6) is 0.210. The standard InChI is InChI=1S/C24H31FN2O3/c1-2-3-4-5-6-7-8-9-16-30-22-14-12-21(13-15-22)26-24(27-29)23-17-20(25)11-10-19(23)18-28/h10-15,17-18,29H,2-9,16H2,1H3,(H,26,27). The molecule has 0 radical (unpaired) electrons. The highest BCUT2D eigenvalue weighted by Crippen LogP contribution is 2.20. The van der Waals surface area contributed by atoms with Crippen LogP contribution < -0.4 is 10.2 Å². The van der Waals surface area contributed by atoms with Gasteiger partial charge in [0.15, 0.2) is 12.1 Å². The molecule has 0 spiro atoms. The predicted molar refractivity (Wildman–Crippen MR) is 117 cm³/mol. The number of carbonyl (C=O) groups is 1. The number of aliphatic imine (C=N–C) groups is 1. The largest absolute Gasteiger partial charge is 0.494 e. The highest BCUT2D eigenvalue weighted by Gasteiger charge is 2.10. The molecule has 6 heteroatoms. The first-order valence-electron chi connectivity index (χ1n) is 10.6. The van der Waals surface area contributed by atoms with Gasteiger partial charge in [-0.2, -0.15) is 0 Å². The first-order chi connectivity index (χ1) is 14.7. The van der Waals surface area contributed by atoms with Crippen LogP contribution in [0.1, 0.15) is 74.2 Å². The summed E-state index contributed by atoms with van der Waals surface area (Å²) in [5, 5.41) is 9.41. The minimum Gasteiger partial charge on any atom is -0.494 e. The number of hydroxylamine groups is 1. The number of unbranched alkanes of at least 4 members (excludes halogenated alkanes) is 7. The molecule has 0 bridgehead atoms. The van der Waals surface area contributed by atoms with Crippen LogP contribution in [-0.2, 0) is 0 Å². The van der Waals surface area contributed by atoms with Crippen LogP contribution in [0.5, 0.6) is 5.75 Å². The Morgan fingerprint density at radius 2 is 1.70 bits per heavy atom. The number of halogens is 1. The lowest BCUT2D eigenvalue weighted by molar-refractivity contribution is 0.112. The predicted octanol–water partition coefficient (Wildman–Crippen LogP) is 6.21. The Morgan fingerprint density at radius 1 is 1.03 bits per heavy atom. The molecule has 2 aromatic carbocycles. The number of hydrogen-bond donors (Lipinski definition) is 2. The molecule has 2 N–H and O–H groups in total. The van der Waals surface area contributed by atoms with Crippen molar-refractivity contribution in [3.05, 3.63) is 59.4 Å². The summed E-state index contributed by atoms with van der Waals surface area (Å²) in [5.41, 5.74) is 2.89. The molecule has 0 saturated heterocycles. The van der Waals surface area contributed by atoms with E-state index in [0.29, 0.717) is 18.6 Å². The molecule has 0 amide bonds. The molecular formula is C24H31FN2O3. The van der Waals surface area contributed by atoms with Gasteiger partial charge in [0.05, 0.1) is 12.3 Å². The van der Waals surface area contributed by atoms with Crippen LogP contribution in [0.15, 0.2) is 47.5 Å². The zero-order valence-corrected chi connectivity index (χ0v) is 17.6. The molecule has 0 aliphatic rings. The van der Waals surface area contributed by atoms with E-state index in [1.165, 1.54) is 57.1 Å². The Labute approximate surface area is 178 Å². The lowest BCUT2D eigenvalue weighted by Crippen LogP contribution is -2.21. The first kappa shape index (κ1) is 23.5. The number of hydrogen-bond acceptors (Lipinski definition) is 4. The zero-order chi connectivity index (χ0) is 21.6. The van der Waals surface area contributed by atoms with E-state index in [2.05, 4.69) is 11.9 Å². The Hall–Kier alpha value is -2.73. The zero-order valence-electron chi connectivity index (χ0n) is 17.6. The van der Waals surface area contributed by atoms with Crippen LogP contribution in [0.25, 0.3) is 0 Å². The third-order valence-corrected chi connectivity index (χ3v) is 4.85. The fraction of sp³-hybridized carbons (Fsp3) is 0.417. The van der Waals surface area contributed by atoms with Crippen molar-refractivity contribution in [3.63, 3.8) is 0 Å². The lowest BCUT2D eigenvalue weighted by atomic mass is 10.1. The van der Waals surface area contributed by atoms with Crippen molar-refractivity contribution < 1.29 is 19.1 Å². The molecule has 0 aromatic heterocycles. The fourth-order valence-electron chi connectivity index (χ4n) is 3.15. The summed E-state index contributed by atoms with van der Waals surface area (Å²) in [4.78, 5) is 15.4.